The van der Waals surface area contributed by atoms with E-state index in [0.29, 0.717) is 22.6 Å². The van der Waals surface area contributed by atoms with E-state index in [1.165, 1.54) is 18.4 Å². The Morgan fingerprint density at radius 2 is 1.73 bits per heavy atom. The van der Waals surface area contributed by atoms with Crippen molar-refractivity contribution in [3.05, 3.63) is 82.7 Å². The van der Waals surface area contributed by atoms with E-state index in [4.69, 9.17) is 18.8 Å². The first kappa shape index (κ1) is 23.5. The first-order valence-corrected chi connectivity index (χ1v) is 10.5. The van der Waals surface area contributed by atoms with Gasteiger partial charge in [0, 0.05) is 5.56 Å². The molecule has 2 aromatic carbocycles. The normalized spacial score (nSPS) is 13.8. The quantitative estimate of drug-likeness (QED) is 0.558. The molecule has 4 rings (SSSR count). The highest BCUT2D eigenvalue weighted by Gasteiger charge is 2.38. The van der Waals surface area contributed by atoms with Gasteiger partial charge in [0.2, 0.25) is 5.76 Å². The van der Waals surface area contributed by atoms with E-state index in [9.17, 15) is 4.79 Å². The Kier molecular flexibility index (Phi) is 7.45. The van der Waals surface area contributed by atoms with Crippen molar-refractivity contribution in [1.82, 2.24) is 5.16 Å². The number of benzene rings is 2. The fourth-order valence-electron chi connectivity index (χ4n) is 3.25. The van der Waals surface area contributed by atoms with Gasteiger partial charge in [-0.25, -0.2) is 4.79 Å². The molecular formula is C26H24N2O5. The van der Waals surface area contributed by atoms with E-state index >= 15 is 0 Å². The lowest BCUT2D eigenvalue weighted by atomic mass is 9.97. The summed E-state index contributed by atoms with van der Waals surface area (Å²) in [5.74, 6) is 6.34. The fraction of sp³-hybridized carbons (Fsp3) is 0.269. The molecule has 1 aliphatic carbocycles. The first-order chi connectivity index (χ1) is 15.9. The molecule has 33 heavy (non-hydrogen) atoms. The summed E-state index contributed by atoms with van der Waals surface area (Å²) in [6.45, 7) is 5.85. The molecule has 3 aromatic rings. The Hall–Kier alpha value is -4.14. The highest BCUT2D eigenvalue weighted by Crippen LogP contribution is 2.47. The van der Waals surface area contributed by atoms with Crippen molar-refractivity contribution >= 4 is 17.9 Å². The molecule has 0 spiro atoms. The minimum atomic E-state index is -0.581. The molecule has 1 aromatic heterocycles. The van der Waals surface area contributed by atoms with Crippen molar-refractivity contribution < 1.29 is 23.6 Å². The van der Waals surface area contributed by atoms with Crippen molar-refractivity contribution in [2.24, 2.45) is 0 Å². The Morgan fingerprint density at radius 1 is 1.09 bits per heavy atom. The second-order valence-corrected chi connectivity index (χ2v) is 8.03. The third-order valence-corrected chi connectivity index (χ3v) is 5.54. The number of carbonyl (C=O) groups excluding carboxylic acids is 3. The standard InChI is InChI=1S/C25H24N2O3.CO2/c1-17-23(26-24(28)29-18(2)20-7-5-4-6-8-20)22(30-27-17)14-11-19-9-12-21(13-10-19)25(3)15-16-25;2-1-3/h4-10,12-13,18H,15-16H2,1-3H3,(H,26,28);/t18-;/m1./s1. The third-order valence-electron chi connectivity index (χ3n) is 5.54. The molecular weight excluding hydrogens is 420 g/mol. The lowest BCUT2D eigenvalue weighted by Gasteiger charge is -2.13. The SMILES string of the molecule is Cc1noc(C#Cc2ccc(C3(C)CC3)cc2)c1NC(=O)O[C@H](C)c1ccccc1.O=C=O. The van der Waals surface area contributed by atoms with Crippen LogP contribution in [0.1, 0.15) is 60.9 Å². The summed E-state index contributed by atoms with van der Waals surface area (Å²) in [5.41, 5.74) is 4.45. The molecule has 1 atom stereocenters. The van der Waals surface area contributed by atoms with Gasteiger partial charge in [-0.05, 0) is 61.3 Å². The van der Waals surface area contributed by atoms with Gasteiger partial charge in [0.25, 0.3) is 0 Å². The van der Waals surface area contributed by atoms with Gasteiger partial charge in [-0.2, -0.15) is 9.59 Å². The van der Waals surface area contributed by atoms with Crippen LogP contribution in [0.25, 0.3) is 0 Å². The number of aryl methyl sites for hydroxylation is 1. The molecule has 1 aliphatic rings. The molecule has 0 saturated heterocycles. The molecule has 1 saturated carbocycles. The molecule has 1 amide bonds. The van der Waals surface area contributed by atoms with Gasteiger partial charge < -0.3 is 9.26 Å². The van der Waals surface area contributed by atoms with Crippen LogP contribution in [-0.2, 0) is 19.7 Å². The summed E-state index contributed by atoms with van der Waals surface area (Å²) in [7, 11) is 0. The largest absolute Gasteiger partial charge is 0.441 e. The summed E-state index contributed by atoms with van der Waals surface area (Å²) < 4.78 is 10.8. The van der Waals surface area contributed by atoms with Gasteiger partial charge in [-0.3, -0.25) is 5.32 Å². The Bertz CT molecular complexity index is 1190. The highest BCUT2D eigenvalue weighted by molar-refractivity contribution is 5.87. The Morgan fingerprint density at radius 3 is 2.33 bits per heavy atom. The fourth-order valence-corrected chi connectivity index (χ4v) is 3.25. The number of carbonyl (C=O) groups is 1. The Balaban J connectivity index is 0.000000968. The number of rotatable bonds is 4. The molecule has 0 bridgehead atoms. The average molecular weight is 444 g/mol. The lowest BCUT2D eigenvalue weighted by molar-refractivity contribution is -0.191. The number of hydrogen-bond donors (Lipinski definition) is 1. The molecule has 1 fully saturated rings. The van der Waals surface area contributed by atoms with Crippen LogP contribution in [-0.4, -0.2) is 17.4 Å². The van der Waals surface area contributed by atoms with E-state index in [2.05, 4.69) is 41.4 Å². The van der Waals surface area contributed by atoms with Crippen LogP contribution < -0.4 is 5.32 Å². The molecule has 7 nitrogen and oxygen atoms in total. The van der Waals surface area contributed by atoms with Crippen molar-refractivity contribution in [3.63, 3.8) is 0 Å². The zero-order valence-corrected chi connectivity index (χ0v) is 18.7. The van der Waals surface area contributed by atoms with Gasteiger partial charge in [-0.15, -0.1) is 0 Å². The van der Waals surface area contributed by atoms with Crippen LogP contribution in [0.5, 0.6) is 0 Å². The second kappa shape index (κ2) is 10.4. The van der Waals surface area contributed by atoms with E-state index in [0.717, 1.165) is 11.1 Å². The minimum Gasteiger partial charge on any atom is -0.441 e. The Labute approximate surface area is 192 Å². The molecule has 7 heteroatoms. The van der Waals surface area contributed by atoms with Crippen molar-refractivity contribution in [3.8, 4) is 11.8 Å². The van der Waals surface area contributed by atoms with Crippen LogP contribution in [0.4, 0.5) is 10.5 Å². The summed E-state index contributed by atoms with van der Waals surface area (Å²) in [5, 5.41) is 6.64. The van der Waals surface area contributed by atoms with E-state index in [1.54, 1.807) is 6.92 Å². The summed E-state index contributed by atoms with van der Waals surface area (Å²) >= 11 is 0. The van der Waals surface area contributed by atoms with E-state index in [-0.39, 0.29) is 12.3 Å². The molecule has 0 unspecified atom stereocenters. The van der Waals surface area contributed by atoms with Crippen LogP contribution in [0, 0.1) is 18.8 Å². The van der Waals surface area contributed by atoms with E-state index in [1.807, 2.05) is 49.4 Å². The smallest absolute Gasteiger partial charge is 0.412 e. The van der Waals surface area contributed by atoms with Crippen LogP contribution in [0.2, 0.25) is 0 Å². The number of aromatic nitrogens is 1. The monoisotopic (exact) mass is 444 g/mol. The number of hydrogen-bond acceptors (Lipinski definition) is 6. The minimum absolute atomic E-state index is 0.250. The van der Waals surface area contributed by atoms with Gasteiger partial charge in [0.1, 0.15) is 17.5 Å². The van der Waals surface area contributed by atoms with E-state index < -0.39 is 6.09 Å². The first-order valence-electron chi connectivity index (χ1n) is 10.5. The average Bonchev–Trinajstić information content (AvgIpc) is 3.48. The topological polar surface area (TPSA) is 98.5 Å². The van der Waals surface area contributed by atoms with Crippen LogP contribution in [0.3, 0.4) is 0 Å². The van der Waals surface area contributed by atoms with Gasteiger partial charge in [0.05, 0.1) is 0 Å². The van der Waals surface area contributed by atoms with Crippen molar-refractivity contribution in [2.45, 2.75) is 45.1 Å². The number of amides is 1. The predicted octanol–water partition coefficient (Wildman–Crippen LogP) is 5.16. The zero-order chi connectivity index (χ0) is 23.8. The van der Waals surface area contributed by atoms with Crippen molar-refractivity contribution in [2.75, 3.05) is 5.32 Å². The van der Waals surface area contributed by atoms with Crippen LogP contribution in [0.15, 0.2) is 59.1 Å². The molecule has 0 radical (unpaired) electrons. The summed E-state index contributed by atoms with van der Waals surface area (Å²) in [6, 6.07) is 17.8. The summed E-state index contributed by atoms with van der Waals surface area (Å²) in [6.07, 6.45) is 1.77. The van der Waals surface area contributed by atoms with Gasteiger partial charge in [-0.1, -0.05) is 60.5 Å². The maximum absolute atomic E-state index is 12.4. The van der Waals surface area contributed by atoms with Crippen LogP contribution >= 0.6 is 0 Å². The highest BCUT2D eigenvalue weighted by atomic mass is 16.6. The maximum Gasteiger partial charge on any atom is 0.412 e. The number of nitrogens with one attached hydrogen (secondary N) is 1. The zero-order valence-electron chi connectivity index (χ0n) is 18.7. The molecule has 0 aliphatic heterocycles. The van der Waals surface area contributed by atoms with Gasteiger partial charge >= 0.3 is 12.2 Å². The lowest BCUT2D eigenvalue weighted by Crippen LogP contribution is -2.16. The predicted molar refractivity (Wildman–Crippen MR) is 120 cm³/mol. The second-order valence-electron chi connectivity index (χ2n) is 8.03. The van der Waals surface area contributed by atoms with Crippen molar-refractivity contribution in [1.29, 1.82) is 0 Å². The molecule has 1 N–H and O–H groups in total. The third kappa shape index (κ3) is 6.19. The number of ether oxygens (including phenoxy) is 1. The summed E-state index contributed by atoms with van der Waals surface area (Å²) in [4.78, 5) is 28.6. The number of anilines is 1. The molecule has 168 valence electrons. The van der Waals surface area contributed by atoms with Gasteiger partial charge in [0.15, 0.2) is 0 Å². The number of nitrogens with zero attached hydrogens (tertiary/aromatic N) is 1. The maximum atomic E-state index is 12.4. The molecule has 1 heterocycles.